The molecule has 0 aliphatic carbocycles. The Kier molecular flexibility index (Phi) is 5.16. The Hall–Kier alpha value is -1.60. The summed E-state index contributed by atoms with van der Waals surface area (Å²) in [6.07, 6.45) is 2.36. The minimum Gasteiger partial charge on any atom is -0.371 e. The lowest BCUT2D eigenvalue weighted by molar-refractivity contribution is 0.468. The smallest absolute Gasteiger partial charge is 0.254 e. The van der Waals surface area contributed by atoms with E-state index in [1.165, 1.54) is 28.5 Å². The number of rotatable bonds is 5. The van der Waals surface area contributed by atoms with E-state index in [1.807, 2.05) is 42.5 Å². The molecule has 4 nitrogen and oxygen atoms in total. The quantitative estimate of drug-likeness (QED) is 0.584. The Balaban J connectivity index is 1.66. The van der Waals surface area contributed by atoms with E-state index in [4.69, 9.17) is 11.6 Å². The summed E-state index contributed by atoms with van der Waals surface area (Å²) in [6, 6.07) is 15.6. The van der Waals surface area contributed by atoms with Gasteiger partial charge in [-0.25, -0.2) is 8.42 Å². The second-order valence-electron chi connectivity index (χ2n) is 6.78. The maximum absolute atomic E-state index is 13.2. The molecule has 4 rings (SSSR count). The number of para-hydroxylation sites is 1. The zero-order chi connectivity index (χ0) is 19.0. The van der Waals surface area contributed by atoms with Crippen molar-refractivity contribution in [3.05, 3.63) is 59.1 Å². The minimum absolute atomic E-state index is 0.214. The molecule has 142 valence electrons. The minimum atomic E-state index is -3.67. The topological polar surface area (TPSA) is 40.6 Å². The molecule has 1 aliphatic rings. The monoisotopic (exact) mass is 420 g/mol. The van der Waals surface area contributed by atoms with E-state index < -0.39 is 10.0 Å². The molecule has 3 aromatic rings. The van der Waals surface area contributed by atoms with Crippen molar-refractivity contribution in [3.63, 3.8) is 0 Å². The molecule has 1 aromatic heterocycles. The van der Waals surface area contributed by atoms with Gasteiger partial charge in [0.15, 0.2) is 4.21 Å². The molecule has 0 amide bonds. The van der Waals surface area contributed by atoms with Gasteiger partial charge in [0, 0.05) is 42.5 Å². The van der Waals surface area contributed by atoms with Crippen LogP contribution in [0, 0.1) is 0 Å². The lowest BCUT2D eigenvalue weighted by Gasteiger charge is -2.24. The number of anilines is 1. The van der Waals surface area contributed by atoms with E-state index in [0.29, 0.717) is 11.6 Å². The van der Waals surface area contributed by atoms with Crippen LogP contribution in [0.4, 0.5) is 5.69 Å². The highest BCUT2D eigenvalue weighted by Crippen LogP contribution is 2.39. The van der Waals surface area contributed by atoms with Crippen molar-refractivity contribution < 1.29 is 8.42 Å². The normalized spacial score (nSPS) is 15.1. The van der Waals surface area contributed by atoms with Gasteiger partial charge < -0.3 is 4.90 Å². The van der Waals surface area contributed by atoms with Gasteiger partial charge >= 0.3 is 0 Å². The standard InChI is InChI=1S/C20H21ClN2O2S2/c1-22(14-15-8-2-4-10-17(15)23-12-6-7-13-23)27(24,25)20-19(21)16-9-3-5-11-18(16)26-20/h2-5,8-11H,6-7,12-14H2,1H3. The molecular formula is C20H21ClN2O2S2. The Labute approximate surface area is 169 Å². The lowest BCUT2D eigenvalue weighted by atomic mass is 10.1. The molecular weight excluding hydrogens is 400 g/mol. The zero-order valence-corrected chi connectivity index (χ0v) is 17.4. The third-order valence-corrected chi connectivity index (χ3v) is 9.07. The highest BCUT2D eigenvalue weighted by Gasteiger charge is 2.28. The second-order valence-corrected chi connectivity index (χ2v) is 10.5. The molecule has 2 heterocycles. The summed E-state index contributed by atoms with van der Waals surface area (Å²) >= 11 is 7.65. The van der Waals surface area contributed by atoms with Crippen LogP contribution in [0.1, 0.15) is 18.4 Å². The maximum atomic E-state index is 13.2. The predicted octanol–water partition coefficient (Wildman–Crippen LogP) is 4.98. The lowest BCUT2D eigenvalue weighted by Crippen LogP contribution is -2.27. The van der Waals surface area contributed by atoms with Crippen LogP contribution in [0.3, 0.4) is 0 Å². The van der Waals surface area contributed by atoms with Gasteiger partial charge in [0.25, 0.3) is 10.0 Å². The van der Waals surface area contributed by atoms with Crippen molar-refractivity contribution in [1.29, 1.82) is 0 Å². The summed E-state index contributed by atoms with van der Waals surface area (Å²) in [5.74, 6) is 0. The molecule has 0 atom stereocenters. The predicted molar refractivity (Wildman–Crippen MR) is 113 cm³/mol. The van der Waals surface area contributed by atoms with Gasteiger partial charge in [-0.2, -0.15) is 4.31 Å². The number of halogens is 1. The number of sulfonamides is 1. The highest BCUT2D eigenvalue weighted by molar-refractivity contribution is 7.91. The first kappa shape index (κ1) is 18.7. The molecule has 7 heteroatoms. The Morgan fingerprint density at radius 1 is 1.07 bits per heavy atom. The van der Waals surface area contributed by atoms with E-state index in [2.05, 4.69) is 11.0 Å². The van der Waals surface area contributed by atoms with Gasteiger partial charge in [-0.3, -0.25) is 0 Å². The third-order valence-electron chi connectivity index (χ3n) is 4.98. The van der Waals surface area contributed by atoms with Crippen LogP contribution in [0.5, 0.6) is 0 Å². The van der Waals surface area contributed by atoms with Gasteiger partial charge in [-0.05, 0) is 30.5 Å². The van der Waals surface area contributed by atoms with E-state index in [-0.39, 0.29) is 4.21 Å². The molecule has 0 spiro atoms. The van der Waals surface area contributed by atoms with Crippen LogP contribution in [-0.2, 0) is 16.6 Å². The van der Waals surface area contributed by atoms with Gasteiger partial charge in [-0.15, -0.1) is 11.3 Å². The molecule has 1 fully saturated rings. The maximum Gasteiger partial charge on any atom is 0.254 e. The van der Waals surface area contributed by atoms with Crippen molar-refractivity contribution >= 4 is 48.7 Å². The van der Waals surface area contributed by atoms with Crippen LogP contribution in [0.25, 0.3) is 10.1 Å². The van der Waals surface area contributed by atoms with Crippen molar-refractivity contribution in [2.75, 3.05) is 25.0 Å². The van der Waals surface area contributed by atoms with Crippen molar-refractivity contribution in [2.45, 2.75) is 23.6 Å². The molecule has 0 N–H and O–H groups in total. The number of thiophene rings is 1. The van der Waals surface area contributed by atoms with Gasteiger partial charge in [0.2, 0.25) is 0 Å². The number of fused-ring (bicyclic) bond motifs is 1. The first-order valence-electron chi connectivity index (χ1n) is 8.95. The average Bonchev–Trinajstić information content (AvgIpc) is 3.31. The molecule has 0 saturated carbocycles. The van der Waals surface area contributed by atoms with Crippen molar-refractivity contribution in [3.8, 4) is 0 Å². The van der Waals surface area contributed by atoms with Crippen molar-refractivity contribution in [2.24, 2.45) is 0 Å². The average molecular weight is 421 g/mol. The summed E-state index contributed by atoms with van der Waals surface area (Å²) in [6.45, 7) is 2.37. The fourth-order valence-electron chi connectivity index (χ4n) is 3.53. The Morgan fingerprint density at radius 2 is 1.74 bits per heavy atom. The number of hydrogen-bond acceptors (Lipinski definition) is 4. The first-order valence-corrected chi connectivity index (χ1v) is 11.6. The molecule has 27 heavy (non-hydrogen) atoms. The zero-order valence-electron chi connectivity index (χ0n) is 15.1. The second kappa shape index (κ2) is 7.43. The van der Waals surface area contributed by atoms with Crippen LogP contribution in [0.15, 0.2) is 52.7 Å². The van der Waals surface area contributed by atoms with Crippen LogP contribution >= 0.6 is 22.9 Å². The molecule has 1 aliphatic heterocycles. The number of benzene rings is 2. The fraction of sp³-hybridized carbons (Fsp3) is 0.300. The summed E-state index contributed by atoms with van der Waals surface area (Å²) in [7, 11) is -2.05. The summed E-state index contributed by atoms with van der Waals surface area (Å²) in [5, 5.41) is 1.10. The molecule has 2 aromatic carbocycles. The van der Waals surface area contributed by atoms with Gasteiger partial charge in [-0.1, -0.05) is 48.0 Å². The Morgan fingerprint density at radius 3 is 2.48 bits per heavy atom. The largest absolute Gasteiger partial charge is 0.371 e. The number of nitrogens with zero attached hydrogens (tertiary/aromatic N) is 2. The van der Waals surface area contributed by atoms with Gasteiger partial charge in [0.05, 0.1) is 5.02 Å². The van der Waals surface area contributed by atoms with E-state index >= 15 is 0 Å². The van der Waals surface area contributed by atoms with E-state index in [0.717, 1.165) is 34.4 Å². The van der Waals surface area contributed by atoms with Crippen LogP contribution in [-0.4, -0.2) is 32.9 Å². The summed E-state index contributed by atoms with van der Waals surface area (Å²) < 4.78 is 28.9. The van der Waals surface area contributed by atoms with Gasteiger partial charge in [0.1, 0.15) is 0 Å². The first-order chi connectivity index (χ1) is 13.0. The van der Waals surface area contributed by atoms with Crippen LogP contribution < -0.4 is 4.90 Å². The summed E-state index contributed by atoms with van der Waals surface area (Å²) in [4.78, 5) is 2.34. The van der Waals surface area contributed by atoms with E-state index in [9.17, 15) is 8.42 Å². The van der Waals surface area contributed by atoms with Crippen molar-refractivity contribution in [1.82, 2.24) is 4.31 Å². The van der Waals surface area contributed by atoms with Crippen LogP contribution in [0.2, 0.25) is 5.02 Å². The number of hydrogen-bond donors (Lipinski definition) is 0. The highest BCUT2D eigenvalue weighted by atomic mass is 35.5. The molecule has 1 saturated heterocycles. The SMILES string of the molecule is CN(Cc1ccccc1N1CCCC1)S(=O)(=O)c1sc2ccccc2c1Cl. The Bertz CT molecular complexity index is 1070. The molecule has 0 radical (unpaired) electrons. The molecule has 0 unspecified atom stereocenters. The fourth-order valence-corrected chi connectivity index (χ4v) is 6.99. The summed E-state index contributed by atoms with van der Waals surface area (Å²) in [5.41, 5.74) is 2.14. The third kappa shape index (κ3) is 3.47. The van der Waals surface area contributed by atoms with E-state index in [1.54, 1.807) is 7.05 Å². The molecule has 0 bridgehead atoms.